The third-order valence-electron chi connectivity index (χ3n) is 12.7. The van der Waals surface area contributed by atoms with Crippen molar-refractivity contribution in [3.63, 3.8) is 0 Å². The van der Waals surface area contributed by atoms with E-state index in [9.17, 15) is 14.4 Å². The molecule has 0 unspecified atom stereocenters. The van der Waals surface area contributed by atoms with Crippen molar-refractivity contribution in [1.82, 2.24) is 0 Å². The summed E-state index contributed by atoms with van der Waals surface area (Å²) in [6.45, 7) is 9.29. The van der Waals surface area contributed by atoms with Gasteiger partial charge in [-0.3, -0.25) is 14.4 Å². The van der Waals surface area contributed by atoms with Crippen molar-refractivity contribution in [2.45, 2.75) is 252 Å². The first-order chi connectivity index (χ1) is 33.4. The quantitative estimate of drug-likeness (QED) is 0.0199. The lowest BCUT2D eigenvalue weighted by atomic mass is 10.1. The van der Waals surface area contributed by atoms with Gasteiger partial charge in [-0.25, -0.2) is 0 Å². The van der Waals surface area contributed by atoms with E-state index in [1.165, 1.54) is 116 Å². The Morgan fingerprint density at radius 3 is 0.783 bits per heavy atom. The molecule has 0 radical (unpaired) electrons. The van der Waals surface area contributed by atoms with Crippen molar-refractivity contribution in [2.24, 2.45) is 0 Å². The van der Waals surface area contributed by atoms with E-state index in [2.05, 4.69) is 101 Å². The third-order valence-corrected chi connectivity index (χ3v) is 12.7. The van der Waals surface area contributed by atoms with Crippen LogP contribution in [0.2, 0.25) is 0 Å². The molecule has 0 bridgehead atoms. The summed E-state index contributed by atoms with van der Waals surface area (Å²) in [5.41, 5.74) is 0. The van der Waals surface area contributed by atoms with Crippen LogP contribution in [0.3, 0.4) is 0 Å². The highest BCUT2D eigenvalue weighted by Gasteiger charge is 2.24. The molecule has 0 aliphatic heterocycles. The average Bonchev–Trinajstić information content (AvgIpc) is 3.32. The minimum absolute atomic E-state index is 0. The smallest absolute Gasteiger partial charge is 0.305 e. The molecule has 0 aliphatic rings. The molecule has 7 nitrogen and oxygen atoms in total. The molecule has 0 fully saturated rings. The number of carbonyl (C=O) groups is 3. The predicted molar refractivity (Wildman–Crippen MR) is 292 cm³/mol. The molecule has 0 heterocycles. The molecule has 69 heavy (non-hydrogen) atoms. The molecule has 400 valence electrons. The van der Waals surface area contributed by atoms with E-state index in [1.807, 2.05) is 0 Å². The number of nitrogens with zero attached hydrogens (tertiary/aromatic N) is 1. The molecule has 0 aromatic carbocycles. The summed E-state index contributed by atoms with van der Waals surface area (Å²) in [6.07, 6.45) is 66.6. The molecule has 0 N–H and O–H groups in total. The van der Waals surface area contributed by atoms with Gasteiger partial charge >= 0.3 is 17.9 Å². The Balaban J connectivity index is 0. The number of ether oxygens (including phenoxy) is 3. The Morgan fingerprint density at radius 2 is 0.536 bits per heavy atom. The van der Waals surface area contributed by atoms with E-state index in [1.54, 1.807) is 0 Å². The molecular weight excluding hydrogens is 878 g/mol. The highest BCUT2D eigenvalue weighted by Crippen LogP contribution is 2.13. The SMILES string of the molecule is CCCCC/C=C\C/C=C\CCCCCCCC(=O)OCC[N+](C)(CCOC(=O)CCCCCCC/C=C\C/C=C\CCCCC)CCOC(=O)CCCCCCC/C=C\C/C=C\CCCCC.[Cl-]. The fourth-order valence-electron chi connectivity index (χ4n) is 7.93. The molecular formula is C61H108ClNO6. The Labute approximate surface area is 432 Å². The number of esters is 3. The Morgan fingerprint density at radius 1 is 0.319 bits per heavy atom. The summed E-state index contributed by atoms with van der Waals surface area (Å²) in [4.78, 5) is 37.9. The van der Waals surface area contributed by atoms with Crippen LogP contribution in [0.4, 0.5) is 0 Å². The van der Waals surface area contributed by atoms with Crippen LogP contribution in [0.5, 0.6) is 0 Å². The van der Waals surface area contributed by atoms with Crippen LogP contribution in [0.25, 0.3) is 0 Å². The van der Waals surface area contributed by atoms with Crippen LogP contribution in [0.1, 0.15) is 252 Å². The maximum absolute atomic E-state index is 12.6. The van der Waals surface area contributed by atoms with E-state index >= 15 is 0 Å². The summed E-state index contributed by atoms with van der Waals surface area (Å²) in [5, 5.41) is 0. The normalized spacial score (nSPS) is 12.2. The van der Waals surface area contributed by atoms with Gasteiger partial charge in [0.2, 0.25) is 0 Å². The van der Waals surface area contributed by atoms with Gasteiger partial charge in [0.1, 0.15) is 39.5 Å². The van der Waals surface area contributed by atoms with Gasteiger partial charge in [0.05, 0.1) is 7.05 Å². The summed E-state index contributed by atoms with van der Waals surface area (Å²) < 4.78 is 17.6. The molecule has 0 aromatic rings. The molecule has 0 saturated carbocycles. The lowest BCUT2D eigenvalue weighted by Gasteiger charge is -2.34. The zero-order valence-electron chi connectivity index (χ0n) is 45.4. The van der Waals surface area contributed by atoms with Gasteiger partial charge in [-0.05, 0) is 116 Å². The fraction of sp³-hybridized carbons (Fsp3) is 0.754. The van der Waals surface area contributed by atoms with Crippen molar-refractivity contribution in [3.8, 4) is 0 Å². The van der Waals surface area contributed by atoms with Crippen LogP contribution in [0.15, 0.2) is 72.9 Å². The molecule has 0 aromatic heterocycles. The standard InChI is InChI=1S/C61H108NO6.ClH/c1-5-8-11-14-17-20-23-26-29-32-35-38-41-44-47-50-59(63)66-56-53-62(4,54-57-67-60(64)51-48-45-42-39-36-33-30-27-24-21-18-15-12-9-6-2)55-58-68-61(65)52-49-46-43-40-37-34-31-28-25-22-19-16-13-10-7-3;/h17-22,26-31H,5-16,23-25,32-58H2,1-4H3;1H/q+1;/p-1/b20-17-,21-18-,22-19-,29-26-,30-27-,31-28-;. The number of allylic oxidation sites excluding steroid dienone is 12. The number of quaternary nitrogens is 1. The lowest BCUT2D eigenvalue weighted by molar-refractivity contribution is -0.910. The Hall–Kier alpha value is -2.90. The number of carbonyl (C=O) groups excluding carboxylic acids is 3. The number of rotatable bonds is 51. The molecule has 0 atom stereocenters. The van der Waals surface area contributed by atoms with Gasteiger partial charge in [0.15, 0.2) is 0 Å². The van der Waals surface area contributed by atoms with Gasteiger partial charge in [-0.2, -0.15) is 0 Å². The van der Waals surface area contributed by atoms with E-state index in [-0.39, 0.29) is 50.1 Å². The highest BCUT2D eigenvalue weighted by molar-refractivity contribution is 5.69. The number of hydrogen-bond donors (Lipinski definition) is 0. The van der Waals surface area contributed by atoms with Crippen molar-refractivity contribution < 1.29 is 45.5 Å². The minimum atomic E-state index is -0.158. The van der Waals surface area contributed by atoms with Crippen molar-refractivity contribution >= 4 is 17.9 Å². The topological polar surface area (TPSA) is 78.9 Å². The molecule has 0 spiro atoms. The van der Waals surface area contributed by atoms with Crippen LogP contribution in [-0.2, 0) is 28.6 Å². The minimum Gasteiger partial charge on any atom is -1.00 e. The Bertz CT molecular complexity index is 1160. The summed E-state index contributed by atoms with van der Waals surface area (Å²) in [6, 6.07) is 0. The van der Waals surface area contributed by atoms with Gasteiger partial charge in [-0.1, -0.05) is 190 Å². The van der Waals surface area contributed by atoms with E-state index in [0.29, 0.717) is 43.4 Å². The first-order valence-electron chi connectivity index (χ1n) is 28.6. The third kappa shape index (κ3) is 54.3. The zero-order chi connectivity index (χ0) is 49.5. The van der Waals surface area contributed by atoms with E-state index < -0.39 is 0 Å². The molecule has 0 aliphatic carbocycles. The van der Waals surface area contributed by atoms with Gasteiger partial charge < -0.3 is 31.1 Å². The second-order valence-corrected chi connectivity index (χ2v) is 19.4. The summed E-state index contributed by atoms with van der Waals surface area (Å²) in [5.74, 6) is -0.473. The van der Waals surface area contributed by atoms with Crippen LogP contribution in [-0.4, -0.2) is 68.9 Å². The molecule has 8 heteroatoms. The highest BCUT2D eigenvalue weighted by atomic mass is 35.5. The van der Waals surface area contributed by atoms with E-state index in [0.717, 1.165) is 96.3 Å². The maximum Gasteiger partial charge on any atom is 0.305 e. The summed E-state index contributed by atoms with van der Waals surface area (Å²) in [7, 11) is 2.07. The number of hydrogen-bond acceptors (Lipinski definition) is 6. The monoisotopic (exact) mass is 986 g/mol. The maximum atomic E-state index is 12.6. The first-order valence-corrected chi connectivity index (χ1v) is 28.6. The molecule has 0 amide bonds. The lowest BCUT2D eigenvalue weighted by Crippen LogP contribution is -3.00. The van der Waals surface area contributed by atoms with Gasteiger partial charge in [0.25, 0.3) is 0 Å². The van der Waals surface area contributed by atoms with E-state index in [4.69, 9.17) is 14.2 Å². The number of likely N-dealkylation sites (N-methyl/N-ethyl adjacent to an activating group) is 1. The van der Waals surface area contributed by atoms with Gasteiger partial charge in [-0.15, -0.1) is 0 Å². The predicted octanol–water partition coefficient (Wildman–Crippen LogP) is 14.5. The molecule has 0 rings (SSSR count). The Kier molecular flexibility index (Phi) is 55.4. The molecule has 0 saturated heterocycles. The first kappa shape index (κ1) is 68.2. The van der Waals surface area contributed by atoms with Crippen molar-refractivity contribution in [2.75, 3.05) is 46.5 Å². The summed E-state index contributed by atoms with van der Waals surface area (Å²) >= 11 is 0. The fourth-order valence-corrected chi connectivity index (χ4v) is 7.93. The van der Waals surface area contributed by atoms with Crippen LogP contribution >= 0.6 is 0 Å². The van der Waals surface area contributed by atoms with Gasteiger partial charge in [0, 0.05) is 19.3 Å². The zero-order valence-corrected chi connectivity index (χ0v) is 46.2. The largest absolute Gasteiger partial charge is 1.00 e. The van der Waals surface area contributed by atoms with Crippen molar-refractivity contribution in [1.29, 1.82) is 0 Å². The van der Waals surface area contributed by atoms with Crippen LogP contribution < -0.4 is 12.4 Å². The number of halogens is 1. The average molecular weight is 987 g/mol. The number of unbranched alkanes of at least 4 members (excludes halogenated alkanes) is 24. The second-order valence-electron chi connectivity index (χ2n) is 19.4. The second kappa shape index (κ2) is 56.0. The van der Waals surface area contributed by atoms with Crippen molar-refractivity contribution in [3.05, 3.63) is 72.9 Å². The van der Waals surface area contributed by atoms with Crippen LogP contribution in [0, 0.1) is 0 Å².